The first-order valence-electron chi connectivity index (χ1n) is 20.1. The van der Waals surface area contributed by atoms with E-state index in [0.29, 0.717) is 0 Å². The van der Waals surface area contributed by atoms with E-state index in [1.807, 2.05) is 6.07 Å². The van der Waals surface area contributed by atoms with Crippen molar-refractivity contribution < 1.29 is 4.42 Å². The zero-order valence-electron chi connectivity index (χ0n) is 32.2. The van der Waals surface area contributed by atoms with Crippen LogP contribution in [-0.2, 0) is 0 Å². The Morgan fingerprint density at radius 3 is 1.20 bits per heavy atom. The number of benzene rings is 9. The van der Waals surface area contributed by atoms with E-state index in [1.54, 1.807) is 0 Å². The zero-order chi connectivity index (χ0) is 39.1. The van der Waals surface area contributed by atoms with Crippen LogP contribution in [-0.4, -0.2) is 4.57 Å². The Balaban J connectivity index is 0.948. The summed E-state index contributed by atoms with van der Waals surface area (Å²) in [6, 6.07) is 82.2. The Morgan fingerprint density at radius 2 is 0.712 bits per heavy atom. The lowest BCUT2D eigenvalue weighted by Crippen LogP contribution is -2.09. The van der Waals surface area contributed by atoms with E-state index in [4.69, 9.17) is 4.42 Å². The fourth-order valence-corrected chi connectivity index (χ4v) is 8.47. The van der Waals surface area contributed by atoms with Gasteiger partial charge < -0.3 is 13.9 Å². The third-order valence-electron chi connectivity index (χ3n) is 11.4. The van der Waals surface area contributed by atoms with E-state index < -0.39 is 0 Å². The van der Waals surface area contributed by atoms with E-state index in [2.05, 4.69) is 234 Å². The molecule has 3 nitrogen and oxygen atoms in total. The van der Waals surface area contributed by atoms with Gasteiger partial charge in [0.05, 0.1) is 5.52 Å². The lowest BCUT2D eigenvalue weighted by atomic mass is 10.0. The molecule has 59 heavy (non-hydrogen) atoms. The Labute approximate surface area is 343 Å². The third-order valence-corrected chi connectivity index (χ3v) is 11.4. The fraction of sp³-hybridized carbons (Fsp3) is 0. The minimum absolute atomic E-state index is 0.892. The van der Waals surface area contributed by atoms with Crippen molar-refractivity contribution in [3.05, 3.63) is 231 Å². The van der Waals surface area contributed by atoms with Crippen molar-refractivity contribution in [2.75, 3.05) is 4.90 Å². The van der Waals surface area contributed by atoms with E-state index in [0.717, 1.165) is 66.8 Å². The summed E-state index contributed by atoms with van der Waals surface area (Å²) in [7, 11) is 0. The van der Waals surface area contributed by atoms with E-state index in [1.165, 1.54) is 33.4 Å². The predicted molar refractivity (Wildman–Crippen MR) is 247 cm³/mol. The van der Waals surface area contributed by atoms with Gasteiger partial charge in [0.2, 0.25) is 0 Å². The van der Waals surface area contributed by atoms with Gasteiger partial charge in [-0.15, -0.1) is 0 Å². The van der Waals surface area contributed by atoms with Crippen LogP contribution in [0.15, 0.2) is 235 Å². The Kier molecular flexibility index (Phi) is 8.49. The highest BCUT2D eigenvalue weighted by Gasteiger charge is 2.20. The number of nitrogens with zero attached hydrogens (tertiary/aromatic N) is 2. The summed E-state index contributed by atoms with van der Waals surface area (Å²) >= 11 is 0. The molecule has 9 aromatic carbocycles. The molecule has 3 heteroatoms. The van der Waals surface area contributed by atoms with Crippen molar-refractivity contribution >= 4 is 50.0 Å². The molecule has 0 amide bonds. The molecule has 0 saturated heterocycles. The summed E-state index contributed by atoms with van der Waals surface area (Å²) in [4.78, 5) is 2.33. The van der Waals surface area contributed by atoms with Gasteiger partial charge in [-0.3, -0.25) is 0 Å². The number of fused-ring (bicyclic) bond motifs is 5. The Bertz CT molecular complexity index is 3120. The maximum absolute atomic E-state index is 6.57. The SMILES string of the molecule is c1ccc(-c2ccc(N(c3ccc(-c4ccccc4)cc3)c3ccc(-c4ccc(-n5c6ccc(-c7ccccc7)cc6c6oc7ccccc7c65)cc4)cc3)cc2)cc1. The number of aromatic nitrogens is 1. The van der Waals surface area contributed by atoms with Gasteiger partial charge in [0.1, 0.15) is 11.1 Å². The summed E-state index contributed by atoms with van der Waals surface area (Å²) in [6.07, 6.45) is 0. The average Bonchev–Trinajstić information content (AvgIpc) is 3.85. The quantitative estimate of drug-likeness (QED) is 0.154. The topological polar surface area (TPSA) is 21.3 Å². The predicted octanol–water partition coefficient (Wildman–Crippen LogP) is 15.7. The van der Waals surface area contributed by atoms with Gasteiger partial charge in [-0.1, -0.05) is 158 Å². The molecule has 0 aliphatic heterocycles. The van der Waals surface area contributed by atoms with Crippen LogP contribution in [0.1, 0.15) is 0 Å². The second-order valence-electron chi connectivity index (χ2n) is 15.0. The number of furan rings is 1. The van der Waals surface area contributed by atoms with Crippen LogP contribution in [0, 0.1) is 0 Å². The highest BCUT2D eigenvalue weighted by atomic mass is 16.3. The monoisotopic (exact) mass is 754 g/mol. The molecular weight excluding hydrogens is 717 g/mol. The van der Waals surface area contributed by atoms with E-state index >= 15 is 0 Å². The standard InChI is InChI=1S/C56H38N2O/c1-4-12-39(13-5-1)42-20-29-47(30-21-42)57(48-31-22-43(23-32-48)40-14-6-2-7-15-40)49-33-24-44(25-34-49)45-26-35-50(36-27-45)58-53-37-28-46(41-16-8-3-9-17-41)38-52(53)56-55(58)51-18-10-11-19-54(51)59-56/h1-38H. The van der Waals surface area contributed by atoms with Gasteiger partial charge in [-0.25, -0.2) is 0 Å². The second kappa shape index (κ2) is 14.6. The van der Waals surface area contributed by atoms with Crippen LogP contribution in [0.25, 0.3) is 83.2 Å². The van der Waals surface area contributed by atoms with Crippen molar-refractivity contribution in [2.24, 2.45) is 0 Å². The molecule has 278 valence electrons. The summed E-state index contributed by atoms with van der Waals surface area (Å²) in [6.45, 7) is 0. The first kappa shape index (κ1) is 34.4. The summed E-state index contributed by atoms with van der Waals surface area (Å²) in [5, 5.41) is 2.21. The van der Waals surface area contributed by atoms with Gasteiger partial charge in [0.15, 0.2) is 5.58 Å². The van der Waals surface area contributed by atoms with Crippen LogP contribution >= 0.6 is 0 Å². The van der Waals surface area contributed by atoms with Crippen molar-refractivity contribution in [1.82, 2.24) is 4.57 Å². The van der Waals surface area contributed by atoms with Crippen LogP contribution < -0.4 is 4.90 Å². The van der Waals surface area contributed by atoms with Crippen LogP contribution in [0.4, 0.5) is 17.1 Å². The first-order valence-corrected chi connectivity index (χ1v) is 20.1. The molecule has 11 rings (SSSR count). The molecule has 0 aliphatic carbocycles. The second-order valence-corrected chi connectivity index (χ2v) is 15.0. The Morgan fingerprint density at radius 1 is 0.322 bits per heavy atom. The maximum atomic E-state index is 6.57. The molecule has 0 bridgehead atoms. The third kappa shape index (κ3) is 6.26. The van der Waals surface area contributed by atoms with Crippen molar-refractivity contribution in [1.29, 1.82) is 0 Å². The lowest BCUT2D eigenvalue weighted by molar-refractivity contribution is 0.673. The van der Waals surface area contributed by atoms with Gasteiger partial charge in [-0.05, 0) is 117 Å². The molecule has 11 aromatic rings. The molecule has 2 aromatic heterocycles. The number of hydrogen-bond acceptors (Lipinski definition) is 2. The average molecular weight is 755 g/mol. The molecule has 0 N–H and O–H groups in total. The first-order chi connectivity index (χ1) is 29.2. The molecule has 0 unspecified atom stereocenters. The fourth-order valence-electron chi connectivity index (χ4n) is 8.47. The molecule has 0 atom stereocenters. The van der Waals surface area contributed by atoms with Crippen LogP contribution in [0.5, 0.6) is 0 Å². The number of rotatable bonds is 8. The summed E-state index contributed by atoms with van der Waals surface area (Å²) < 4.78 is 8.92. The van der Waals surface area contributed by atoms with Crippen molar-refractivity contribution in [3.63, 3.8) is 0 Å². The largest absolute Gasteiger partial charge is 0.454 e. The smallest absolute Gasteiger partial charge is 0.161 e. The van der Waals surface area contributed by atoms with Gasteiger partial charge in [-0.2, -0.15) is 0 Å². The highest BCUT2D eigenvalue weighted by Crippen LogP contribution is 2.41. The Hall–Kier alpha value is -7.88. The highest BCUT2D eigenvalue weighted by molar-refractivity contribution is 6.17. The van der Waals surface area contributed by atoms with Gasteiger partial charge in [0.25, 0.3) is 0 Å². The van der Waals surface area contributed by atoms with Gasteiger partial charge in [0, 0.05) is 33.5 Å². The molecule has 0 radical (unpaired) electrons. The van der Waals surface area contributed by atoms with Crippen LogP contribution in [0.2, 0.25) is 0 Å². The van der Waals surface area contributed by atoms with Crippen molar-refractivity contribution in [2.45, 2.75) is 0 Å². The lowest BCUT2D eigenvalue weighted by Gasteiger charge is -2.26. The summed E-state index contributed by atoms with van der Waals surface area (Å²) in [5.74, 6) is 0. The molecule has 0 saturated carbocycles. The zero-order valence-corrected chi connectivity index (χ0v) is 32.2. The number of para-hydroxylation sites is 1. The molecular formula is C56H38N2O. The van der Waals surface area contributed by atoms with E-state index in [9.17, 15) is 0 Å². The maximum Gasteiger partial charge on any atom is 0.161 e. The van der Waals surface area contributed by atoms with Gasteiger partial charge >= 0.3 is 0 Å². The minimum atomic E-state index is 0.892. The molecule has 0 aliphatic rings. The molecule has 0 fully saturated rings. The van der Waals surface area contributed by atoms with Crippen molar-refractivity contribution in [3.8, 4) is 50.2 Å². The molecule has 2 heterocycles. The minimum Gasteiger partial charge on any atom is -0.454 e. The normalized spacial score (nSPS) is 11.4. The number of hydrogen-bond donors (Lipinski definition) is 0. The summed E-state index contributed by atoms with van der Waals surface area (Å²) in [5.41, 5.74) is 17.9. The van der Waals surface area contributed by atoms with Crippen LogP contribution in [0.3, 0.4) is 0 Å². The molecule has 0 spiro atoms. The van der Waals surface area contributed by atoms with E-state index in [-0.39, 0.29) is 0 Å². The number of anilines is 3.